The van der Waals surface area contributed by atoms with Crippen LogP contribution >= 0.6 is 0 Å². The number of furan rings is 1. The van der Waals surface area contributed by atoms with Gasteiger partial charge in [0.25, 0.3) is 15.9 Å². The molecule has 22 heavy (non-hydrogen) atoms. The Balaban J connectivity index is 1.96. The fraction of sp³-hybridized carbons (Fsp3) is 0.385. The van der Waals surface area contributed by atoms with E-state index in [2.05, 4.69) is 20.2 Å². The van der Waals surface area contributed by atoms with E-state index in [-0.39, 0.29) is 10.9 Å². The molecule has 2 rings (SSSR count). The van der Waals surface area contributed by atoms with Gasteiger partial charge in [-0.3, -0.25) is 9.89 Å². The first-order valence-electron chi connectivity index (χ1n) is 6.67. The highest BCUT2D eigenvalue weighted by Gasteiger charge is 2.19. The van der Waals surface area contributed by atoms with Crippen LogP contribution in [0.1, 0.15) is 27.5 Å². The Morgan fingerprint density at radius 3 is 2.68 bits per heavy atom. The summed E-state index contributed by atoms with van der Waals surface area (Å²) in [5.41, 5.74) is 2.91. The van der Waals surface area contributed by atoms with Crippen molar-refractivity contribution in [3.63, 3.8) is 0 Å². The molecule has 0 saturated heterocycles. The number of sulfonamides is 1. The van der Waals surface area contributed by atoms with Crippen molar-refractivity contribution in [1.29, 1.82) is 0 Å². The van der Waals surface area contributed by atoms with Crippen LogP contribution in [0.2, 0.25) is 0 Å². The fourth-order valence-corrected chi connectivity index (χ4v) is 2.67. The number of carbonyl (C=O) groups excluding carboxylic acids is 1. The average molecular weight is 326 g/mol. The summed E-state index contributed by atoms with van der Waals surface area (Å²) in [6.45, 7) is 4.20. The number of aryl methyl sites for hydroxylation is 2. The normalized spacial score (nSPS) is 11.6. The second kappa shape index (κ2) is 6.32. The van der Waals surface area contributed by atoms with Gasteiger partial charge in [-0.15, -0.1) is 0 Å². The SMILES string of the molecule is CNS(=O)(=O)c1ccc(C(=O)NCCc2c(C)n[nH]c2C)o1. The Morgan fingerprint density at radius 2 is 2.09 bits per heavy atom. The standard InChI is InChI=1S/C13H18N4O4S/c1-8-10(9(2)17-16-8)6-7-15-13(18)11-4-5-12(21-11)22(19,20)14-3/h4-5,14H,6-7H2,1-3H3,(H,15,18)(H,16,17). The minimum Gasteiger partial charge on any atom is -0.438 e. The van der Waals surface area contributed by atoms with Gasteiger partial charge in [-0.25, -0.2) is 13.1 Å². The Hall–Kier alpha value is -2.13. The number of amides is 1. The molecule has 0 atom stereocenters. The largest absolute Gasteiger partial charge is 0.438 e. The Labute approximate surface area is 128 Å². The van der Waals surface area contributed by atoms with E-state index in [4.69, 9.17) is 4.42 Å². The van der Waals surface area contributed by atoms with Gasteiger partial charge in [-0.1, -0.05) is 0 Å². The molecule has 2 aromatic rings. The molecule has 0 aromatic carbocycles. The van der Waals surface area contributed by atoms with Gasteiger partial charge >= 0.3 is 0 Å². The summed E-state index contributed by atoms with van der Waals surface area (Å²) < 4.78 is 30.2. The van der Waals surface area contributed by atoms with Crippen LogP contribution in [-0.2, 0) is 16.4 Å². The monoisotopic (exact) mass is 326 g/mol. The van der Waals surface area contributed by atoms with E-state index in [1.807, 2.05) is 13.8 Å². The molecule has 2 aromatic heterocycles. The van der Waals surface area contributed by atoms with E-state index < -0.39 is 15.9 Å². The van der Waals surface area contributed by atoms with Crippen molar-refractivity contribution in [2.24, 2.45) is 0 Å². The van der Waals surface area contributed by atoms with Gasteiger partial charge < -0.3 is 9.73 Å². The lowest BCUT2D eigenvalue weighted by Gasteiger charge is -2.04. The Morgan fingerprint density at radius 1 is 1.36 bits per heavy atom. The van der Waals surface area contributed by atoms with Crippen LogP contribution in [0.25, 0.3) is 0 Å². The zero-order valence-electron chi connectivity index (χ0n) is 12.6. The van der Waals surface area contributed by atoms with Crippen molar-refractivity contribution in [2.75, 3.05) is 13.6 Å². The van der Waals surface area contributed by atoms with E-state index in [1.54, 1.807) is 0 Å². The number of aromatic amines is 1. The third kappa shape index (κ3) is 3.37. The highest BCUT2D eigenvalue weighted by molar-refractivity contribution is 7.89. The summed E-state index contributed by atoms with van der Waals surface area (Å²) in [7, 11) is -2.42. The lowest BCUT2D eigenvalue weighted by atomic mass is 10.1. The predicted octanol–water partition coefficient (Wildman–Crippen LogP) is 0.500. The van der Waals surface area contributed by atoms with Crippen LogP contribution in [0.3, 0.4) is 0 Å². The maximum absolute atomic E-state index is 11.9. The van der Waals surface area contributed by atoms with Crippen molar-refractivity contribution in [3.8, 4) is 0 Å². The van der Waals surface area contributed by atoms with Crippen LogP contribution in [0.5, 0.6) is 0 Å². The van der Waals surface area contributed by atoms with E-state index >= 15 is 0 Å². The zero-order chi connectivity index (χ0) is 16.3. The molecule has 0 saturated carbocycles. The molecule has 2 heterocycles. The quantitative estimate of drug-likeness (QED) is 0.714. The second-order valence-electron chi connectivity index (χ2n) is 4.74. The minimum absolute atomic E-state index is 0.0468. The average Bonchev–Trinajstić information content (AvgIpc) is 3.09. The molecule has 0 aliphatic heterocycles. The van der Waals surface area contributed by atoms with E-state index in [0.29, 0.717) is 13.0 Å². The molecule has 0 radical (unpaired) electrons. The van der Waals surface area contributed by atoms with Gasteiger partial charge in [0, 0.05) is 12.2 Å². The van der Waals surface area contributed by atoms with Crippen molar-refractivity contribution in [2.45, 2.75) is 25.4 Å². The first-order chi connectivity index (χ1) is 10.3. The molecule has 9 heteroatoms. The summed E-state index contributed by atoms with van der Waals surface area (Å²) in [5, 5.41) is 9.35. The summed E-state index contributed by atoms with van der Waals surface area (Å²) in [4.78, 5) is 11.9. The van der Waals surface area contributed by atoms with Gasteiger partial charge in [0.05, 0.1) is 5.69 Å². The first-order valence-corrected chi connectivity index (χ1v) is 8.15. The predicted molar refractivity (Wildman–Crippen MR) is 79.1 cm³/mol. The lowest BCUT2D eigenvalue weighted by molar-refractivity contribution is 0.0921. The van der Waals surface area contributed by atoms with Crippen LogP contribution in [0, 0.1) is 13.8 Å². The maximum atomic E-state index is 11.9. The number of aromatic nitrogens is 2. The van der Waals surface area contributed by atoms with Crippen molar-refractivity contribution in [3.05, 3.63) is 34.8 Å². The molecule has 0 aliphatic rings. The molecule has 0 fully saturated rings. The summed E-state index contributed by atoms with van der Waals surface area (Å²) in [6.07, 6.45) is 0.627. The molecule has 8 nitrogen and oxygen atoms in total. The van der Waals surface area contributed by atoms with Gasteiger partial charge in [-0.05, 0) is 45.0 Å². The lowest BCUT2D eigenvalue weighted by Crippen LogP contribution is -2.25. The van der Waals surface area contributed by atoms with E-state index in [1.165, 1.54) is 19.2 Å². The summed E-state index contributed by atoms with van der Waals surface area (Å²) in [5.74, 6) is -0.509. The van der Waals surface area contributed by atoms with E-state index in [0.717, 1.165) is 17.0 Å². The third-order valence-electron chi connectivity index (χ3n) is 3.28. The molecule has 120 valence electrons. The molecule has 1 amide bonds. The smallest absolute Gasteiger partial charge is 0.287 e. The Kier molecular flexibility index (Phi) is 4.67. The molecular formula is C13H18N4O4S. The van der Waals surface area contributed by atoms with Crippen molar-refractivity contribution >= 4 is 15.9 Å². The summed E-state index contributed by atoms with van der Waals surface area (Å²) in [6, 6.07) is 2.57. The van der Waals surface area contributed by atoms with Crippen LogP contribution in [-0.4, -0.2) is 38.1 Å². The van der Waals surface area contributed by atoms with Crippen molar-refractivity contribution in [1.82, 2.24) is 20.2 Å². The van der Waals surface area contributed by atoms with Gasteiger partial charge in [0.2, 0.25) is 5.09 Å². The van der Waals surface area contributed by atoms with Crippen LogP contribution in [0.15, 0.2) is 21.6 Å². The van der Waals surface area contributed by atoms with Gasteiger partial charge in [-0.2, -0.15) is 5.10 Å². The molecule has 0 unspecified atom stereocenters. The Bertz CT molecular complexity index is 756. The number of H-pyrrole nitrogens is 1. The third-order valence-corrected chi connectivity index (χ3v) is 4.57. The van der Waals surface area contributed by atoms with Crippen LogP contribution in [0.4, 0.5) is 0 Å². The molecule has 0 bridgehead atoms. The number of nitrogens with one attached hydrogen (secondary N) is 3. The molecule has 3 N–H and O–H groups in total. The molecule has 0 aliphatic carbocycles. The zero-order valence-corrected chi connectivity index (χ0v) is 13.4. The highest BCUT2D eigenvalue weighted by Crippen LogP contribution is 2.13. The first kappa shape index (κ1) is 16.2. The topological polar surface area (TPSA) is 117 Å². The molecule has 0 spiro atoms. The number of carbonyl (C=O) groups is 1. The number of hydrogen-bond donors (Lipinski definition) is 3. The summed E-state index contributed by atoms with van der Waals surface area (Å²) >= 11 is 0. The van der Waals surface area contributed by atoms with Gasteiger partial charge in [0.15, 0.2) is 5.76 Å². The van der Waals surface area contributed by atoms with Crippen LogP contribution < -0.4 is 10.0 Å². The van der Waals surface area contributed by atoms with E-state index in [9.17, 15) is 13.2 Å². The minimum atomic E-state index is -3.69. The second-order valence-corrected chi connectivity index (χ2v) is 6.56. The molecular weight excluding hydrogens is 308 g/mol. The maximum Gasteiger partial charge on any atom is 0.287 e. The number of hydrogen-bond acceptors (Lipinski definition) is 5. The number of rotatable bonds is 6. The van der Waals surface area contributed by atoms with Crippen molar-refractivity contribution < 1.29 is 17.6 Å². The fourth-order valence-electron chi connectivity index (χ4n) is 2.02. The van der Waals surface area contributed by atoms with Gasteiger partial charge in [0.1, 0.15) is 0 Å². The highest BCUT2D eigenvalue weighted by atomic mass is 32.2. The number of nitrogens with zero attached hydrogens (tertiary/aromatic N) is 1.